The zero-order valence-corrected chi connectivity index (χ0v) is 14.6. The molecule has 1 saturated heterocycles. The number of likely N-dealkylation sites (tertiary alicyclic amines) is 1. The van der Waals surface area contributed by atoms with Gasteiger partial charge in [-0.3, -0.25) is 14.9 Å². The van der Waals surface area contributed by atoms with Crippen LogP contribution in [-0.2, 0) is 4.79 Å². The Bertz CT molecular complexity index is 883. The fourth-order valence-corrected chi connectivity index (χ4v) is 3.65. The van der Waals surface area contributed by atoms with E-state index in [1.807, 2.05) is 0 Å². The summed E-state index contributed by atoms with van der Waals surface area (Å²) in [5, 5.41) is 10.8. The SMILES string of the molecule is O=C([C@@H]1C[C@H]1[N+](=O)[O-])N1CCC(c2nccc(-c3cccc(F)c3)n2)CC1. The average molecular weight is 370 g/mol. The van der Waals surface area contributed by atoms with E-state index in [1.165, 1.54) is 12.1 Å². The van der Waals surface area contributed by atoms with Gasteiger partial charge < -0.3 is 4.90 Å². The van der Waals surface area contributed by atoms with Crippen LogP contribution < -0.4 is 0 Å². The quantitative estimate of drug-likeness (QED) is 0.610. The molecule has 2 atom stereocenters. The third-order valence-corrected chi connectivity index (χ3v) is 5.31. The molecular weight excluding hydrogens is 351 g/mol. The number of nitro groups is 1. The lowest BCUT2D eigenvalue weighted by atomic mass is 9.95. The number of halogens is 1. The van der Waals surface area contributed by atoms with E-state index in [0.29, 0.717) is 49.4 Å². The molecule has 0 spiro atoms. The fourth-order valence-electron chi connectivity index (χ4n) is 3.65. The zero-order valence-electron chi connectivity index (χ0n) is 14.6. The summed E-state index contributed by atoms with van der Waals surface area (Å²) >= 11 is 0. The van der Waals surface area contributed by atoms with E-state index in [-0.39, 0.29) is 22.6 Å². The van der Waals surface area contributed by atoms with Crippen molar-refractivity contribution in [2.24, 2.45) is 5.92 Å². The number of hydrogen-bond acceptors (Lipinski definition) is 5. The molecule has 2 aliphatic rings. The highest BCUT2D eigenvalue weighted by Gasteiger charge is 2.54. The molecule has 27 heavy (non-hydrogen) atoms. The van der Waals surface area contributed by atoms with E-state index < -0.39 is 12.0 Å². The first-order chi connectivity index (χ1) is 13.0. The summed E-state index contributed by atoms with van der Waals surface area (Å²) in [6.45, 7) is 1.11. The number of carbonyl (C=O) groups is 1. The highest BCUT2D eigenvalue weighted by molar-refractivity contribution is 5.82. The van der Waals surface area contributed by atoms with Gasteiger partial charge >= 0.3 is 0 Å². The topological polar surface area (TPSA) is 89.2 Å². The van der Waals surface area contributed by atoms with Crippen molar-refractivity contribution >= 4 is 5.91 Å². The lowest BCUT2D eigenvalue weighted by Crippen LogP contribution is -2.40. The van der Waals surface area contributed by atoms with Gasteiger partial charge in [-0.05, 0) is 31.0 Å². The summed E-state index contributed by atoms with van der Waals surface area (Å²) in [6, 6.07) is 7.32. The summed E-state index contributed by atoms with van der Waals surface area (Å²) in [4.78, 5) is 33.4. The normalized spacial score (nSPS) is 22.5. The van der Waals surface area contributed by atoms with Gasteiger partial charge in [-0.15, -0.1) is 0 Å². The van der Waals surface area contributed by atoms with Gasteiger partial charge in [0.1, 0.15) is 17.6 Å². The van der Waals surface area contributed by atoms with Crippen LogP contribution in [0.15, 0.2) is 36.5 Å². The molecule has 0 N–H and O–H groups in total. The van der Waals surface area contributed by atoms with Crippen LogP contribution in [0.25, 0.3) is 11.3 Å². The molecule has 2 heterocycles. The average Bonchev–Trinajstić information content (AvgIpc) is 3.49. The Hall–Kier alpha value is -2.90. The van der Waals surface area contributed by atoms with E-state index in [2.05, 4.69) is 9.97 Å². The summed E-state index contributed by atoms with van der Waals surface area (Å²) in [5.74, 6) is -0.0622. The number of nitrogens with zero attached hydrogens (tertiary/aromatic N) is 4. The molecule has 0 bridgehead atoms. The Morgan fingerprint density at radius 2 is 2.04 bits per heavy atom. The summed E-state index contributed by atoms with van der Waals surface area (Å²) in [5.41, 5.74) is 1.37. The van der Waals surface area contributed by atoms with Crippen molar-refractivity contribution in [1.82, 2.24) is 14.9 Å². The molecule has 1 aromatic carbocycles. The zero-order chi connectivity index (χ0) is 19.0. The van der Waals surface area contributed by atoms with Gasteiger partial charge in [-0.25, -0.2) is 14.4 Å². The highest BCUT2D eigenvalue weighted by Crippen LogP contribution is 2.36. The number of rotatable bonds is 4. The van der Waals surface area contributed by atoms with Gasteiger partial charge in [0.05, 0.1) is 5.69 Å². The van der Waals surface area contributed by atoms with Gasteiger partial charge in [0, 0.05) is 42.1 Å². The van der Waals surface area contributed by atoms with Crippen molar-refractivity contribution in [2.45, 2.75) is 31.2 Å². The second kappa shape index (κ2) is 7.02. The molecule has 1 saturated carbocycles. The minimum Gasteiger partial charge on any atom is -0.342 e. The minimum atomic E-state index is -0.707. The number of carbonyl (C=O) groups excluding carboxylic acids is 1. The van der Waals surface area contributed by atoms with Gasteiger partial charge in [0.15, 0.2) is 0 Å². The summed E-state index contributed by atoms with van der Waals surface area (Å²) in [6.07, 6.45) is 3.46. The molecule has 0 radical (unpaired) electrons. The molecule has 1 aliphatic carbocycles. The molecule has 8 heteroatoms. The Kier molecular flexibility index (Phi) is 4.55. The van der Waals surface area contributed by atoms with Gasteiger partial charge in [-0.2, -0.15) is 0 Å². The van der Waals surface area contributed by atoms with Crippen LogP contribution in [0.5, 0.6) is 0 Å². The van der Waals surface area contributed by atoms with E-state index in [4.69, 9.17) is 0 Å². The smallest absolute Gasteiger partial charge is 0.232 e. The van der Waals surface area contributed by atoms with E-state index in [9.17, 15) is 19.3 Å². The van der Waals surface area contributed by atoms with Gasteiger partial charge in [0.25, 0.3) is 0 Å². The predicted molar refractivity (Wildman–Crippen MR) is 94.9 cm³/mol. The molecule has 4 rings (SSSR count). The minimum absolute atomic E-state index is 0.107. The van der Waals surface area contributed by atoms with Crippen LogP contribution in [0.3, 0.4) is 0 Å². The molecule has 1 aliphatic heterocycles. The summed E-state index contributed by atoms with van der Waals surface area (Å²) in [7, 11) is 0. The lowest BCUT2D eigenvalue weighted by molar-refractivity contribution is -0.497. The van der Waals surface area contributed by atoms with E-state index >= 15 is 0 Å². The maximum absolute atomic E-state index is 13.5. The fraction of sp³-hybridized carbons (Fsp3) is 0.421. The predicted octanol–water partition coefficient (Wildman–Crippen LogP) is 2.65. The third kappa shape index (κ3) is 3.65. The van der Waals surface area contributed by atoms with Crippen molar-refractivity contribution in [2.75, 3.05) is 13.1 Å². The van der Waals surface area contributed by atoms with Crippen LogP contribution in [0.1, 0.15) is 31.0 Å². The summed E-state index contributed by atoms with van der Waals surface area (Å²) < 4.78 is 13.5. The van der Waals surface area contributed by atoms with Crippen LogP contribution in [0.4, 0.5) is 4.39 Å². The maximum Gasteiger partial charge on any atom is 0.232 e. The van der Waals surface area contributed by atoms with Gasteiger partial charge in [0.2, 0.25) is 11.9 Å². The first kappa shape index (κ1) is 17.5. The van der Waals surface area contributed by atoms with Crippen molar-refractivity contribution in [3.05, 3.63) is 58.3 Å². The van der Waals surface area contributed by atoms with Crippen LogP contribution in [-0.4, -0.2) is 44.8 Å². The molecule has 7 nitrogen and oxygen atoms in total. The van der Waals surface area contributed by atoms with Crippen molar-refractivity contribution < 1.29 is 14.1 Å². The van der Waals surface area contributed by atoms with Crippen molar-refractivity contribution in [1.29, 1.82) is 0 Å². The molecule has 1 amide bonds. The number of benzene rings is 1. The van der Waals surface area contributed by atoms with Crippen molar-refractivity contribution in [3.63, 3.8) is 0 Å². The largest absolute Gasteiger partial charge is 0.342 e. The first-order valence-corrected chi connectivity index (χ1v) is 9.04. The maximum atomic E-state index is 13.5. The van der Waals surface area contributed by atoms with E-state index in [0.717, 1.165) is 0 Å². The molecule has 0 unspecified atom stereocenters. The third-order valence-electron chi connectivity index (χ3n) is 5.31. The standard InChI is InChI=1S/C19H19FN4O3/c20-14-3-1-2-13(10-14)16-4-7-21-18(22-16)12-5-8-23(9-6-12)19(25)15-11-17(15)24(26)27/h1-4,7,10,12,15,17H,5-6,8-9,11H2/t15-,17-/m1/s1. The number of piperidine rings is 1. The Morgan fingerprint density at radius 3 is 2.70 bits per heavy atom. The molecule has 1 aromatic heterocycles. The van der Waals surface area contributed by atoms with Crippen molar-refractivity contribution in [3.8, 4) is 11.3 Å². The highest BCUT2D eigenvalue weighted by atomic mass is 19.1. The number of hydrogen-bond donors (Lipinski definition) is 0. The van der Waals surface area contributed by atoms with E-state index in [1.54, 1.807) is 29.3 Å². The van der Waals surface area contributed by atoms with Crippen LogP contribution in [0.2, 0.25) is 0 Å². The second-order valence-electron chi connectivity index (χ2n) is 7.10. The Morgan fingerprint density at radius 1 is 1.26 bits per heavy atom. The van der Waals surface area contributed by atoms with Gasteiger partial charge in [-0.1, -0.05) is 12.1 Å². The van der Waals surface area contributed by atoms with Crippen LogP contribution >= 0.6 is 0 Å². The number of aromatic nitrogens is 2. The molecule has 140 valence electrons. The lowest BCUT2D eigenvalue weighted by Gasteiger charge is -2.31. The first-order valence-electron chi connectivity index (χ1n) is 9.04. The second-order valence-corrected chi connectivity index (χ2v) is 7.10. The molecule has 2 fully saturated rings. The Balaban J connectivity index is 1.41. The molecule has 2 aromatic rings. The Labute approximate surface area is 155 Å². The molecular formula is C19H19FN4O3. The van der Waals surface area contributed by atoms with Crippen LogP contribution in [0, 0.1) is 21.8 Å². The monoisotopic (exact) mass is 370 g/mol. The number of amides is 1.